The van der Waals surface area contributed by atoms with E-state index in [2.05, 4.69) is 14.9 Å². The SMILES string of the molecule is CN(CCOc1ccccc1)Cc1cnc(-c2ccc(C(=O)NO)s2)nc1. The number of aromatic nitrogens is 2. The van der Waals surface area contributed by atoms with Crippen molar-refractivity contribution in [3.63, 3.8) is 0 Å². The quantitative estimate of drug-likeness (QED) is 0.459. The third kappa shape index (κ3) is 5.33. The molecule has 0 bridgehead atoms. The van der Waals surface area contributed by atoms with Gasteiger partial charge in [-0.3, -0.25) is 14.9 Å². The number of hydrogen-bond donors (Lipinski definition) is 2. The highest BCUT2D eigenvalue weighted by Crippen LogP contribution is 2.25. The second-order valence-electron chi connectivity index (χ2n) is 5.92. The lowest BCUT2D eigenvalue weighted by molar-refractivity contribution is 0.0711. The van der Waals surface area contributed by atoms with Crippen molar-refractivity contribution in [2.45, 2.75) is 6.54 Å². The van der Waals surface area contributed by atoms with Crippen molar-refractivity contribution < 1.29 is 14.7 Å². The molecule has 27 heavy (non-hydrogen) atoms. The molecular formula is C19H20N4O3S. The molecule has 3 aromatic rings. The number of para-hydroxylation sites is 1. The van der Waals surface area contributed by atoms with E-state index in [1.807, 2.05) is 37.4 Å². The van der Waals surface area contributed by atoms with E-state index in [-0.39, 0.29) is 0 Å². The van der Waals surface area contributed by atoms with Gasteiger partial charge in [0, 0.05) is 31.0 Å². The lowest BCUT2D eigenvalue weighted by Crippen LogP contribution is -2.24. The summed E-state index contributed by atoms with van der Waals surface area (Å²) in [5.74, 6) is 0.877. The Labute approximate surface area is 161 Å². The first kappa shape index (κ1) is 19.0. The number of carbonyl (C=O) groups is 1. The first-order chi connectivity index (χ1) is 13.2. The van der Waals surface area contributed by atoms with Gasteiger partial charge in [0.15, 0.2) is 5.82 Å². The fourth-order valence-corrected chi connectivity index (χ4v) is 3.27. The van der Waals surface area contributed by atoms with Crippen LogP contribution in [0.2, 0.25) is 0 Å². The van der Waals surface area contributed by atoms with Crippen molar-refractivity contribution in [1.29, 1.82) is 0 Å². The zero-order valence-corrected chi connectivity index (χ0v) is 15.6. The predicted octanol–water partition coefficient (Wildman–Crippen LogP) is 2.83. The number of hydrogen-bond acceptors (Lipinski definition) is 7. The Kier molecular flexibility index (Phi) is 6.48. The van der Waals surface area contributed by atoms with Crippen LogP contribution in [-0.2, 0) is 6.54 Å². The maximum atomic E-state index is 11.4. The molecule has 2 aromatic heterocycles. The molecule has 2 heterocycles. The number of benzene rings is 1. The van der Waals surface area contributed by atoms with E-state index in [9.17, 15) is 4.79 Å². The Morgan fingerprint density at radius 1 is 1.19 bits per heavy atom. The average Bonchev–Trinajstić information content (AvgIpc) is 3.19. The van der Waals surface area contributed by atoms with Crippen molar-refractivity contribution >= 4 is 17.2 Å². The van der Waals surface area contributed by atoms with Crippen LogP contribution in [0.3, 0.4) is 0 Å². The fraction of sp³-hybridized carbons (Fsp3) is 0.211. The Morgan fingerprint density at radius 3 is 2.63 bits per heavy atom. The van der Waals surface area contributed by atoms with E-state index < -0.39 is 5.91 Å². The number of rotatable bonds is 8. The van der Waals surface area contributed by atoms with E-state index in [1.54, 1.807) is 30.0 Å². The van der Waals surface area contributed by atoms with E-state index in [0.29, 0.717) is 23.9 Å². The fourth-order valence-electron chi connectivity index (χ4n) is 2.43. The topological polar surface area (TPSA) is 87.6 Å². The molecule has 140 valence electrons. The summed E-state index contributed by atoms with van der Waals surface area (Å²) >= 11 is 1.22. The summed E-state index contributed by atoms with van der Waals surface area (Å²) in [5, 5.41) is 8.68. The van der Waals surface area contributed by atoms with E-state index in [0.717, 1.165) is 22.7 Å². The zero-order chi connectivity index (χ0) is 19.1. The maximum absolute atomic E-state index is 11.4. The van der Waals surface area contributed by atoms with Crippen molar-refractivity contribution in [3.8, 4) is 16.5 Å². The molecule has 0 saturated carbocycles. The second-order valence-corrected chi connectivity index (χ2v) is 7.00. The Hall–Kier alpha value is -2.81. The molecule has 1 aromatic carbocycles. The summed E-state index contributed by atoms with van der Waals surface area (Å²) in [4.78, 5) is 23.5. The van der Waals surface area contributed by atoms with Crippen LogP contribution in [0.1, 0.15) is 15.2 Å². The highest BCUT2D eigenvalue weighted by molar-refractivity contribution is 7.17. The molecule has 0 aliphatic rings. The van der Waals surface area contributed by atoms with Gasteiger partial charge in [-0.05, 0) is 31.3 Å². The number of hydroxylamine groups is 1. The average molecular weight is 384 g/mol. The standard InChI is InChI=1S/C19H20N4O3S/c1-23(9-10-26-15-5-3-2-4-6-15)13-14-11-20-18(21-12-14)16-7-8-17(27-16)19(24)22-25/h2-8,11-12,25H,9-10,13H2,1H3,(H,22,24). The third-order valence-electron chi connectivity index (χ3n) is 3.79. The summed E-state index contributed by atoms with van der Waals surface area (Å²) in [7, 11) is 2.02. The van der Waals surface area contributed by atoms with Gasteiger partial charge in [-0.2, -0.15) is 0 Å². The van der Waals surface area contributed by atoms with E-state index >= 15 is 0 Å². The van der Waals surface area contributed by atoms with Crippen LogP contribution in [0.15, 0.2) is 54.9 Å². The van der Waals surface area contributed by atoms with Gasteiger partial charge < -0.3 is 4.74 Å². The second kappa shape index (κ2) is 9.22. The molecule has 0 radical (unpaired) electrons. The van der Waals surface area contributed by atoms with Gasteiger partial charge in [0.2, 0.25) is 0 Å². The Balaban J connectivity index is 1.51. The Morgan fingerprint density at radius 2 is 1.93 bits per heavy atom. The van der Waals surface area contributed by atoms with E-state index in [4.69, 9.17) is 9.94 Å². The number of nitrogens with one attached hydrogen (secondary N) is 1. The molecule has 0 unspecified atom stereocenters. The van der Waals surface area contributed by atoms with Crippen molar-refractivity contribution in [2.75, 3.05) is 20.2 Å². The van der Waals surface area contributed by atoms with Gasteiger partial charge in [-0.15, -0.1) is 11.3 Å². The molecule has 0 saturated heterocycles. The van der Waals surface area contributed by atoms with Crippen LogP contribution >= 0.6 is 11.3 Å². The van der Waals surface area contributed by atoms with Crippen LogP contribution in [0, 0.1) is 0 Å². The van der Waals surface area contributed by atoms with Crippen molar-refractivity contribution in [1.82, 2.24) is 20.3 Å². The number of carbonyl (C=O) groups excluding carboxylic acids is 1. The van der Waals surface area contributed by atoms with Crippen LogP contribution in [0.25, 0.3) is 10.7 Å². The summed E-state index contributed by atoms with van der Waals surface area (Å²) in [5.41, 5.74) is 2.61. The number of nitrogens with zero attached hydrogens (tertiary/aromatic N) is 3. The van der Waals surface area contributed by atoms with Gasteiger partial charge in [-0.25, -0.2) is 15.4 Å². The van der Waals surface area contributed by atoms with Crippen LogP contribution < -0.4 is 10.2 Å². The molecule has 0 spiro atoms. The van der Waals surface area contributed by atoms with Gasteiger partial charge in [0.05, 0.1) is 9.75 Å². The van der Waals surface area contributed by atoms with Gasteiger partial charge in [-0.1, -0.05) is 18.2 Å². The van der Waals surface area contributed by atoms with Crippen molar-refractivity contribution in [3.05, 3.63) is 65.3 Å². The van der Waals surface area contributed by atoms with Crippen molar-refractivity contribution in [2.24, 2.45) is 0 Å². The molecule has 8 heteroatoms. The maximum Gasteiger partial charge on any atom is 0.284 e. The molecule has 7 nitrogen and oxygen atoms in total. The normalized spacial score (nSPS) is 10.8. The molecule has 0 aliphatic carbocycles. The third-order valence-corrected chi connectivity index (χ3v) is 4.87. The molecular weight excluding hydrogens is 364 g/mol. The van der Waals surface area contributed by atoms with Gasteiger partial charge in [0.1, 0.15) is 12.4 Å². The molecule has 1 amide bonds. The van der Waals surface area contributed by atoms with Gasteiger partial charge in [0.25, 0.3) is 5.91 Å². The minimum absolute atomic E-state index is 0.401. The van der Waals surface area contributed by atoms with Crippen LogP contribution in [-0.4, -0.2) is 46.2 Å². The van der Waals surface area contributed by atoms with Gasteiger partial charge >= 0.3 is 0 Å². The zero-order valence-electron chi connectivity index (χ0n) is 14.8. The molecule has 0 fully saturated rings. The summed E-state index contributed by atoms with van der Waals surface area (Å²) in [6.07, 6.45) is 3.56. The highest BCUT2D eigenvalue weighted by Gasteiger charge is 2.11. The van der Waals surface area contributed by atoms with Crippen LogP contribution in [0.5, 0.6) is 5.75 Å². The minimum Gasteiger partial charge on any atom is -0.492 e. The summed E-state index contributed by atoms with van der Waals surface area (Å²) in [6.45, 7) is 2.09. The first-order valence-corrected chi connectivity index (χ1v) is 9.19. The number of amides is 1. The lowest BCUT2D eigenvalue weighted by Gasteiger charge is -2.16. The highest BCUT2D eigenvalue weighted by atomic mass is 32.1. The molecule has 2 N–H and O–H groups in total. The van der Waals surface area contributed by atoms with E-state index in [1.165, 1.54) is 11.3 Å². The summed E-state index contributed by atoms with van der Waals surface area (Å²) < 4.78 is 5.70. The molecule has 3 rings (SSSR count). The monoisotopic (exact) mass is 384 g/mol. The number of ether oxygens (including phenoxy) is 1. The minimum atomic E-state index is -0.540. The predicted molar refractivity (Wildman–Crippen MR) is 103 cm³/mol. The molecule has 0 atom stereocenters. The number of likely N-dealkylation sites (N-methyl/N-ethyl adjacent to an activating group) is 1. The summed E-state index contributed by atoms with van der Waals surface area (Å²) in [6, 6.07) is 13.1. The number of thiophene rings is 1. The largest absolute Gasteiger partial charge is 0.492 e. The lowest BCUT2D eigenvalue weighted by atomic mass is 10.3. The Bertz CT molecular complexity index is 868. The first-order valence-electron chi connectivity index (χ1n) is 8.37. The molecule has 0 aliphatic heterocycles. The smallest absolute Gasteiger partial charge is 0.284 e. The van der Waals surface area contributed by atoms with Crippen LogP contribution in [0.4, 0.5) is 0 Å².